The lowest BCUT2D eigenvalue weighted by atomic mass is 9.77. The van der Waals surface area contributed by atoms with Crippen LogP contribution in [-0.4, -0.2) is 23.2 Å². The van der Waals surface area contributed by atoms with E-state index in [9.17, 15) is 4.79 Å². The van der Waals surface area contributed by atoms with Gasteiger partial charge < -0.3 is 0 Å². The fraction of sp³-hybridized carbons (Fsp3) is 0.273. The molecule has 2 atom stereocenters. The summed E-state index contributed by atoms with van der Waals surface area (Å²) in [5.41, 5.74) is 11.3. The highest BCUT2D eigenvalue weighted by atomic mass is 35.7. The Morgan fingerprint density at radius 1 is 1.12 bits per heavy atom. The number of amides is 1. The second-order valence-electron chi connectivity index (χ2n) is 7.44. The van der Waals surface area contributed by atoms with Crippen LogP contribution >= 0.6 is 0 Å². The van der Waals surface area contributed by atoms with Crippen LogP contribution in [0.2, 0.25) is 0 Å². The van der Waals surface area contributed by atoms with E-state index in [2.05, 4.69) is 28.2 Å². The first-order valence-corrected chi connectivity index (χ1v) is 11.4. The van der Waals surface area contributed by atoms with E-state index in [1.165, 1.54) is 5.57 Å². The maximum atomic E-state index is 12.8. The molecule has 1 aliphatic heterocycles. The molecule has 0 saturated heterocycles. The van der Waals surface area contributed by atoms with Crippen molar-refractivity contribution in [3.63, 3.8) is 0 Å². The van der Waals surface area contributed by atoms with Gasteiger partial charge in [0.2, 0.25) is 11.5 Å². The first kappa shape index (κ1) is 24.4. The number of hydrogen-bond acceptors (Lipinski definition) is 8. The van der Waals surface area contributed by atoms with E-state index in [0.717, 1.165) is 36.1 Å². The molecular formula is C22H22ClN5O5. The van der Waals surface area contributed by atoms with E-state index < -0.39 is 10.2 Å². The molecule has 1 fully saturated rings. The molecule has 1 amide bonds. The summed E-state index contributed by atoms with van der Waals surface area (Å²) >= 11 is 0. The van der Waals surface area contributed by atoms with Crippen molar-refractivity contribution in [2.75, 3.05) is 6.54 Å². The number of halogens is 1. The van der Waals surface area contributed by atoms with Gasteiger partial charge in [-0.25, -0.2) is 23.6 Å². The van der Waals surface area contributed by atoms with Gasteiger partial charge >= 0.3 is 0 Å². The van der Waals surface area contributed by atoms with Gasteiger partial charge in [0.25, 0.3) is 5.91 Å². The quantitative estimate of drug-likeness (QED) is 0.470. The number of nitrogens with one attached hydrogen (secondary N) is 1. The zero-order valence-electron chi connectivity index (χ0n) is 17.5. The number of nitrogens with zero attached hydrogens (tertiary/aromatic N) is 4. The second kappa shape index (κ2) is 11.1. The van der Waals surface area contributed by atoms with E-state index in [0.29, 0.717) is 0 Å². The Morgan fingerprint density at radius 3 is 2.33 bits per heavy atom. The standard InChI is InChI=1S/C22H22N5O.ClHO4/c23-26-24-15-20(28)27-22(17-10-5-2-6-11-17)19-13-7-12-18(21(19)25-27)14-16-8-3-1-4-9-16;2-1(3,4)5/h1-6,8-11,14,19,22-23H,7,12-13,15H2;(H,2,3,4,5)/q+1;/p-1/b18-14-;. The average Bonchev–Trinajstić information content (AvgIpc) is 3.18. The molecule has 11 heteroatoms. The summed E-state index contributed by atoms with van der Waals surface area (Å²) in [7, 11) is -4.94. The van der Waals surface area contributed by atoms with Crippen molar-refractivity contribution in [2.45, 2.75) is 25.3 Å². The Morgan fingerprint density at radius 2 is 1.73 bits per heavy atom. The Bertz CT molecular complexity index is 1060. The molecule has 2 unspecified atom stereocenters. The maximum Gasteiger partial charge on any atom is 0.272 e. The van der Waals surface area contributed by atoms with E-state index in [-0.39, 0.29) is 24.4 Å². The molecular weight excluding hydrogens is 450 g/mol. The lowest BCUT2D eigenvalue weighted by Gasteiger charge is -2.29. The number of benzene rings is 2. The van der Waals surface area contributed by atoms with Crippen LogP contribution in [0.5, 0.6) is 0 Å². The highest BCUT2D eigenvalue weighted by Crippen LogP contribution is 2.44. The van der Waals surface area contributed by atoms with Gasteiger partial charge in [-0.1, -0.05) is 60.7 Å². The number of hydrazone groups is 1. The van der Waals surface area contributed by atoms with Crippen LogP contribution in [0.25, 0.3) is 6.08 Å². The summed E-state index contributed by atoms with van der Waals surface area (Å²) in [5, 5.41) is 9.90. The van der Waals surface area contributed by atoms with Gasteiger partial charge in [0, 0.05) is 5.92 Å². The molecule has 0 aromatic heterocycles. The Balaban J connectivity index is 0.000000555. The van der Waals surface area contributed by atoms with E-state index in [1.54, 1.807) is 5.01 Å². The lowest BCUT2D eigenvalue weighted by Crippen LogP contribution is -2.68. The predicted octanol–water partition coefficient (Wildman–Crippen LogP) is -0.396. The molecule has 2 aliphatic rings. The number of rotatable bonds is 4. The van der Waals surface area contributed by atoms with Gasteiger partial charge in [-0.2, -0.15) is 5.10 Å². The molecule has 10 nitrogen and oxygen atoms in total. The number of hydrogen-bond donors (Lipinski definition) is 1. The van der Waals surface area contributed by atoms with Crippen LogP contribution in [0.1, 0.15) is 36.4 Å². The Kier molecular flexibility index (Phi) is 8.18. The minimum absolute atomic E-state index is 0.135. The monoisotopic (exact) mass is 471 g/mol. The molecule has 1 aliphatic carbocycles. The Labute approximate surface area is 192 Å². The van der Waals surface area contributed by atoms with Crippen LogP contribution in [0.3, 0.4) is 0 Å². The molecule has 4 rings (SSSR count). The molecule has 0 radical (unpaired) electrons. The van der Waals surface area contributed by atoms with E-state index in [1.807, 2.05) is 48.5 Å². The minimum atomic E-state index is -4.94. The second-order valence-corrected chi connectivity index (χ2v) is 8.19. The minimum Gasteiger partial charge on any atom is -0.270 e. The predicted molar refractivity (Wildman–Crippen MR) is 107 cm³/mol. The third-order valence-corrected chi connectivity index (χ3v) is 5.32. The zero-order valence-corrected chi connectivity index (χ0v) is 18.3. The number of allylic oxidation sites excluding steroid dienone is 1. The topological polar surface area (TPSA) is 175 Å². The van der Waals surface area contributed by atoms with Gasteiger partial charge in [-0.3, -0.25) is 4.79 Å². The highest BCUT2D eigenvalue weighted by Gasteiger charge is 2.43. The summed E-state index contributed by atoms with van der Waals surface area (Å²) in [4.78, 5) is 15.7. The fourth-order valence-electron chi connectivity index (χ4n) is 4.11. The van der Waals surface area contributed by atoms with Gasteiger partial charge in [-0.15, -0.1) is 10.2 Å². The number of fused-ring (bicyclic) bond motifs is 1. The smallest absolute Gasteiger partial charge is 0.270 e. The first-order valence-electron chi connectivity index (χ1n) is 10.1. The molecule has 172 valence electrons. The van der Waals surface area contributed by atoms with Crippen LogP contribution < -0.4 is 23.5 Å². The van der Waals surface area contributed by atoms with Gasteiger partial charge in [0.15, 0.2) is 0 Å². The summed E-state index contributed by atoms with van der Waals surface area (Å²) in [5.74, 6) is -0.0613. The zero-order chi connectivity index (χ0) is 23.8. The number of carbonyl (C=O) groups is 1. The molecule has 1 N–H and O–H groups in total. The van der Waals surface area contributed by atoms with Crippen LogP contribution in [-0.2, 0) is 4.79 Å². The van der Waals surface area contributed by atoms with Crippen molar-refractivity contribution in [1.82, 2.24) is 9.92 Å². The molecule has 0 spiro atoms. The molecule has 1 heterocycles. The largest absolute Gasteiger partial charge is 0.272 e. The normalized spacial score (nSPS) is 20.8. The van der Waals surface area contributed by atoms with Crippen LogP contribution in [0, 0.1) is 21.7 Å². The first-order chi connectivity index (χ1) is 15.8. The van der Waals surface area contributed by atoms with Crippen molar-refractivity contribution in [3.05, 3.63) is 77.4 Å². The van der Waals surface area contributed by atoms with Crippen LogP contribution in [0.4, 0.5) is 0 Å². The van der Waals surface area contributed by atoms with Crippen molar-refractivity contribution >= 4 is 17.7 Å². The summed E-state index contributed by atoms with van der Waals surface area (Å²) in [6.07, 6.45) is 5.21. The fourth-order valence-corrected chi connectivity index (χ4v) is 4.11. The molecule has 33 heavy (non-hydrogen) atoms. The third kappa shape index (κ3) is 6.87. The maximum absolute atomic E-state index is 12.8. The van der Waals surface area contributed by atoms with E-state index >= 15 is 0 Å². The molecule has 2 aromatic rings. The summed E-state index contributed by atoms with van der Waals surface area (Å²) in [6.45, 7) is -0.159. The SMILES string of the molecule is N=[N+]=NCC(=O)N1N=C2/C(=C\c3ccccc3)CCCC2C1c1ccccc1.[O-][Cl+3]([O-])([O-])[O-]. The summed E-state index contributed by atoms with van der Waals surface area (Å²) < 4.78 is 34.0. The lowest BCUT2D eigenvalue weighted by molar-refractivity contribution is -2.00. The van der Waals surface area contributed by atoms with Gasteiger partial charge in [-0.05, 0) is 42.0 Å². The van der Waals surface area contributed by atoms with Crippen molar-refractivity contribution in [3.8, 4) is 0 Å². The highest BCUT2D eigenvalue weighted by molar-refractivity contribution is 6.08. The Hall–Kier alpha value is -3.24. The van der Waals surface area contributed by atoms with Crippen LogP contribution in [0.15, 0.2) is 76.5 Å². The van der Waals surface area contributed by atoms with Crippen molar-refractivity contribution < 1.29 is 33.7 Å². The van der Waals surface area contributed by atoms with Gasteiger partial charge in [0.1, 0.15) is 10.6 Å². The van der Waals surface area contributed by atoms with Crippen molar-refractivity contribution in [2.24, 2.45) is 16.1 Å². The molecule has 1 saturated carbocycles. The average molecular weight is 472 g/mol. The van der Waals surface area contributed by atoms with Gasteiger partial charge in [0.05, 0.1) is 11.8 Å². The molecule has 0 bridgehead atoms. The van der Waals surface area contributed by atoms with E-state index in [4.69, 9.17) is 29.3 Å². The number of carbonyl (C=O) groups excluding carboxylic acids is 1. The summed E-state index contributed by atoms with van der Waals surface area (Å²) in [6, 6.07) is 20.1. The third-order valence-electron chi connectivity index (χ3n) is 5.32. The van der Waals surface area contributed by atoms with Crippen molar-refractivity contribution in [1.29, 1.82) is 5.53 Å². The molecule has 2 aromatic carbocycles.